The summed E-state index contributed by atoms with van der Waals surface area (Å²) in [6, 6.07) is 12.4. The number of benzene rings is 2. The van der Waals surface area contributed by atoms with Crippen LogP contribution in [0.3, 0.4) is 0 Å². The first-order valence-electron chi connectivity index (χ1n) is 5.81. The SMILES string of the molecule is Cc1ccc(CNc2ccc(Cl)c(Br)c2)c(C)c1. The van der Waals surface area contributed by atoms with Crippen molar-refractivity contribution >= 4 is 33.2 Å². The monoisotopic (exact) mass is 323 g/mol. The molecule has 0 aliphatic rings. The van der Waals surface area contributed by atoms with Crippen LogP contribution in [-0.2, 0) is 6.54 Å². The van der Waals surface area contributed by atoms with E-state index in [0.717, 1.165) is 21.7 Å². The maximum Gasteiger partial charge on any atom is 0.0549 e. The summed E-state index contributed by atoms with van der Waals surface area (Å²) in [5.74, 6) is 0. The second-order valence-corrected chi connectivity index (χ2v) is 5.67. The first-order valence-corrected chi connectivity index (χ1v) is 6.98. The fraction of sp³-hybridized carbons (Fsp3) is 0.200. The Bertz CT molecular complexity index is 566. The van der Waals surface area contributed by atoms with Gasteiger partial charge in [0.1, 0.15) is 0 Å². The second kappa shape index (κ2) is 5.77. The van der Waals surface area contributed by atoms with E-state index >= 15 is 0 Å². The highest BCUT2D eigenvalue weighted by Crippen LogP contribution is 2.26. The smallest absolute Gasteiger partial charge is 0.0549 e. The van der Waals surface area contributed by atoms with Crippen molar-refractivity contribution in [3.05, 3.63) is 62.6 Å². The molecule has 3 heteroatoms. The summed E-state index contributed by atoms with van der Waals surface area (Å²) in [7, 11) is 0. The third-order valence-electron chi connectivity index (χ3n) is 2.90. The van der Waals surface area contributed by atoms with Crippen molar-refractivity contribution in [3.8, 4) is 0 Å². The van der Waals surface area contributed by atoms with Crippen LogP contribution >= 0.6 is 27.5 Å². The molecule has 2 aromatic rings. The Kier molecular flexibility index (Phi) is 4.31. The van der Waals surface area contributed by atoms with Gasteiger partial charge in [-0.25, -0.2) is 0 Å². The molecule has 0 radical (unpaired) electrons. The number of nitrogens with one attached hydrogen (secondary N) is 1. The summed E-state index contributed by atoms with van der Waals surface area (Å²) in [4.78, 5) is 0. The van der Waals surface area contributed by atoms with E-state index in [1.807, 2.05) is 18.2 Å². The van der Waals surface area contributed by atoms with Crippen molar-refractivity contribution in [1.82, 2.24) is 0 Å². The van der Waals surface area contributed by atoms with Gasteiger partial charge in [0, 0.05) is 16.7 Å². The van der Waals surface area contributed by atoms with Crippen LogP contribution in [0.1, 0.15) is 16.7 Å². The van der Waals surface area contributed by atoms with E-state index in [2.05, 4.69) is 53.3 Å². The molecule has 0 saturated carbocycles. The Hall–Kier alpha value is -0.990. The van der Waals surface area contributed by atoms with Gasteiger partial charge in [0.2, 0.25) is 0 Å². The van der Waals surface area contributed by atoms with E-state index < -0.39 is 0 Å². The average Bonchev–Trinajstić information content (AvgIpc) is 2.32. The molecule has 1 nitrogen and oxygen atoms in total. The maximum atomic E-state index is 5.97. The number of hydrogen-bond acceptors (Lipinski definition) is 1. The molecular weight excluding hydrogens is 310 g/mol. The Labute approximate surface area is 121 Å². The number of hydrogen-bond donors (Lipinski definition) is 1. The van der Waals surface area contributed by atoms with Crippen molar-refractivity contribution in [2.24, 2.45) is 0 Å². The molecule has 0 amide bonds. The van der Waals surface area contributed by atoms with Gasteiger partial charge < -0.3 is 5.32 Å². The number of aryl methyl sites for hydroxylation is 2. The van der Waals surface area contributed by atoms with E-state index in [4.69, 9.17) is 11.6 Å². The number of halogens is 2. The van der Waals surface area contributed by atoms with Gasteiger partial charge in [0.15, 0.2) is 0 Å². The van der Waals surface area contributed by atoms with E-state index in [1.54, 1.807) is 0 Å². The lowest BCUT2D eigenvalue weighted by atomic mass is 10.1. The van der Waals surface area contributed by atoms with Crippen LogP contribution in [0, 0.1) is 13.8 Å². The highest BCUT2D eigenvalue weighted by atomic mass is 79.9. The maximum absolute atomic E-state index is 5.97. The van der Waals surface area contributed by atoms with E-state index in [1.165, 1.54) is 16.7 Å². The third kappa shape index (κ3) is 3.27. The highest BCUT2D eigenvalue weighted by molar-refractivity contribution is 9.10. The Morgan fingerprint density at radius 3 is 2.56 bits per heavy atom. The molecule has 0 spiro atoms. The van der Waals surface area contributed by atoms with Crippen LogP contribution < -0.4 is 5.32 Å². The molecule has 0 atom stereocenters. The lowest BCUT2D eigenvalue weighted by Gasteiger charge is -2.10. The molecule has 0 aliphatic carbocycles. The van der Waals surface area contributed by atoms with Crippen molar-refractivity contribution in [1.29, 1.82) is 0 Å². The molecular formula is C15H15BrClN. The molecule has 2 rings (SSSR count). The fourth-order valence-corrected chi connectivity index (χ4v) is 2.34. The van der Waals surface area contributed by atoms with Gasteiger partial charge in [-0.15, -0.1) is 0 Å². The average molecular weight is 325 g/mol. The zero-order valence-corrected chi connectivity index (χ0v) is 12.8. The lowest BCUT2D eigenvalue weighted by molar-refractivity contribution is 1.11. The topological polar surface area (TPSA) is 12.0 Å². The van der Waals surface area contributed by atoms with Crippen molar-refractivity contribution in [2.75, 3.05) is 5.32 Å². The first kappa shape index (κ1) is 13.4. The Morgan fingerprint density at radius 2 is 1.89 bits per heavy atom. The summed E-state index contributed by atoms with van der Waals surface area (Å²) >= 11 is 9.39. The molecule has 94 valence electrons. The van der Waals surface area contributed by atoms with Crippen molar-refractivity contribution < 1.29 is 0 Å². The molecule has 0 aliphatic heterocycles. The largest absolute Gasteiger partial charge is 0.381 e. The van der Waals surface area contributed by atoms with Crippen molar-refractivity contribution in [2.45, 2.75) is 20.4 Å². The third-order valence-corrected chi connectivity index (χ3v) is 4.11. The number of anilines is 1. The molecule has 0 saturated heterocycles. The van der Waals surface area contributed by atoms with Gasteiger partial charge in [-0.05, 0) is 59.1 Å². The standard InChI is InChI=1S/C15H15BrClN/c1-10-3-4-12(11(2)7-10)9-18-13-5-6-15(17)14(16)8-13/h3-8,18H,9H2,1-2H3. The van der Waals surface area contributed by atoms with Gasteiger partial charge in [-0.1, -0.05) is 35.4 Å². The van der Waals surface area contributed by atoms with Gasteiger partial charge in [0.25, 0.3) is 0 Å². The summed E-state index contributed by atoms with van der Waals surface area (Å²) in [5, 5.41) is 4.13. The lowest BCUT2D eigenvalue weighted by Crippen LogP contribution is -2.01. The summed E-state index contributed by atoms with van der Waals surface area (Å²) < 4.78 is 0.912. The molecule has 0 heterocycles. The predicted molar refractivity (Wildman–Crippen MR) is 82.4 cm³/mol. The van der Waals surface area contributed by atoms with E-state index in [-0.39, 0.29) is 0 Å². The van der Waals surface area contributed by atoms with Gasteiger partial charge >= 0.3 is 0 Å². The quantitative estimate of drug-likeness (QED) is 0.804. The minimum Gasteiger partial charge on any atom is -0.381 e. The van der Waals surface area contributed by atoms with Gasteiger partial charge in [0.05, 0.1) is 5.02 Å². The zero-order chi connectivity index (χ0) is 13.1. The minimum absolute atomic E-state index is 0.729. The summed E-state index contributed by atoms with van der Waals surface area (Å²) in [5.41, 5.74) is 4.99. The van der Waals surface area contributed by atoms with Crippen LogP contribution in [0.4, 0.5) is 5.69 Å². The van der Waals surface area contributed by atoms with E-state index in [9.17, 15) is 0 Å². The molecule has 0 fully saturated rings. The molecule has 0 aromatic heterocycles. The summed E-state index contributed by atoms with van der Waals surface area (Å²) in [6.07, 6.45) is 0. The van der Waals surface area contributed by atoms with Crippen LogP contribution in [0.25, 0.3) is 0 Å². The highest BCUT2D eigenvalue weighted by Gasteiger charge is 2.01. The minimum atomic E-state index is 0.729. The first-order chi connectivity index (χ1) is 8.56. The van der Waals surface area contributed by atoms with Gasteiger partial charge in [-0.2, -0.15) is 0 Å². The molecule has 0 bridgehead atoms. The van der Waals surface area contributed by atoms with Crippen LogP contribution in [0.2, 0.25) is 5.02 Å². The molecule has 2 aromatic carbocycles. The molecule has 18 heavy (non-hydrogen) atoms. The van der Waals surface area contributed by atoms with Crippen molar-refractivity contribution in [3.63, 3.8) is 0 Å². The Balaban J connectivity index is 2.09. The Morgan fingerprint density at radius 1 is 1.11 bits per heavy atom. The number of rotatable bonds is 3. The van der Waals surface area contributed by atoms with Gasteiger partial charge in [-0.3, -0.25) is 0 Å². The second-order valence-electron chi connectivity index (χ2n) is 4.41. The predicted octanol–water partition coefficient (Wildman–Crippen LogP) is 5.33. The zero-order valence-electron chi connectivity index (χ0n) is 10.4. The van der Waals surface area contributed by atoms with E-state index in [0.29, 0.717) is 0 Å². The summed E-state index contributed by atoms with van der Waals surface area (Å²) in [6.45, 7) is 5.07. The van der Waals surface area contributed by atoms with Crippen LogP contribution in [0.5, 0.6) is 0 Å². The van der Waals surface area contributed by atoms with Crippen LogP contribution in [0.15, 0.2) is 40.9 Å². The molecule has 1 N–H and O–H groups in total. The normalized spacial score (nSPS) is 10.4. The van der Waals surface area contributed by atoms with Crippen LogP contribution in [-0.4, -0.2) is 0 Å². The fourth-order valence-electron chi connectivity index (χ4n) is 1.85. The molecule has 0 unspecified atom stereocenters.